The van der Waals surface area contributed by atoms with Gasteiger partial charge in [-0.2, -0.15) is 0 Å². The molecule has 27 heavy (non-hydrogen) atoms. The first-order chi connectivity index (χ1) is 13.1. The van der Waals surface area contributed by atoms with Crippen molar-refractivity contribution in [3.05, 3.63) is 93.0 Å². The predicted octanol–water partition coefficient (Wildman–Crippen LogP) is 6.23. The molecule has 5 heteroatoms. The van der Waals surface area contributed by atoms with Gasteiger partial charge in [-0.3, -0.25) is 10.1 Å². The van der Waals surface area contributed by atoms with Crippen molar-refractivity contribution in [2.75, 3.05) is 5.32 Å². The Bertz CT molecular complexity index is 1110. The van der Waals surface area contributed by atoms with E-state index < -0.39 is 4.92 Å². The molecule has 1 heterocycles. The predicted molar refractivity (Wildman–Crippen MR) is 108 cm³/mol. The van der Waals surface area contributed by atoms with Crippen molar-refractivity contribution in [2.24, 2.45) is 5.92 Å². The summed E-state index contributed by atoms with van der Waals surface area (Å²) in [5.41, 5.74) is 3.29. The zero-order valence-electron chi connectivity index (χ0n) is 14.4. The lowest BCUT2D eigenvalue weighted by Gasteiger charge is -2.38. The molecule has 0 amide bonds. The molecule has 0 unspecified atom stereocenters. The number of hydrogen-bond acceptors (Lipinski definition) is 3. The Labute approximate surface area is 161 Å². The Hall–Kier alpha value is -2.85. The molecule has 4 nitrogen and oxygen atoms in total. The van der Waals surface area contributed by atoms with Crippen LogP contribution in [0.4, 0.5) is 11.4 Å². The van der Waals surface area contributed by atoms with E-state index in [2.05, 4.69) is 41.7 Å². The maximum atomic E-state index is 11.3. The third-order valence-corrected chi connectivity index (χ3v) is 6.11. The van der Waals surface area contributed by atoms with Crippen LogP contribution >= 0.6 is 11.6 Å². The summed E-state index contributed by atoms with van der Waals surface area (Å²) >= 11 is 6.03. The van der Waals surface area contributed by atoms with Crippen LogP contribution in [-0.2, 0) is 0 Å². The first-order valence-electron chi connectivity index (χ1n) is 9.02. The first kappa shape index (κ1) is 16.3. The van der Waals surface area contributed by atoms with Gasteiger partial charge >= 0.3 is 0 Å². The minimum Gasteiger partial charge on any atom is -0.377 e. The van der Waals surface area contributed by atoms with Gasteiger partial charge in [-0.15, -0.1) is 0 Å². The molecule has 3 aromatic carbocycles. The molecule has 1 aliphatic carbocycles. The Kier molecular flexibility index (Phi) is 3.69. The fourth-order valence-corrected chi connectivity index (χ4v) is 4.72. The molecule has 0 saturated carbocycles. The zero-order valence-corrected chi connectivity index (χ0v) is 15.2. The summed E-state index contributed by atoms with van der Waals surface area (Å²) in [5, 5.41) is 17.6. The molecular weight excluding hydrogens is 360 g/mol. The number of benzene rings is 3. The molecule has 0 fully saturated rings. The van der Waals surface area contributed by atoms with Crippen molar-refractivity contribution in [1.82, 2.24) is 0 Å². The van der Waals surface area contributed by atoms with E-state index in [-0.39, 0.29) is 16.8 Å². The van der Waals surface area contributed by atoms with E-state index >= 15 is 0 Å². The van der Waals surface area contributed by atoms with Gasteiger partial charge in [-0.05, 0) is 34.9 Å². The van der Waals surface area contributed by atoms with Crippen molar-refractivity contribution < 1.29 is 4.92 Å². The summed E-state index contributed by atoms with van der Waals surface area (Å²) in [7, 11) is 0. The number of hydrogen-bond donors (Lipinski definition) is 1. The Morgan fingerprint density at radius 3 is 2.81 bits per heavy atom. The molecule has 1 aliphatic heterocycles. The highest BCUT2D eigenvalue weighted by molar-refractivity contribution is 6.32. The van der Waals surface area contributed by atoms with Gasteiger partial charge in [0.25, 0.3) is 5.69 Å². The van der Waals surface area contributed by atoms with E-state index in [1.54, 1.807) is 12.1 Å². The molecular formula is C22H17ClN2O2. The summed E-state index contributed by atoms with van der Waals surface area (Å²) in [6.07, 6.45) is 5.44. The van der Waals surface area contributed by atoms with Crippen LogP contribution in [0.25, 0.3) is 10.8 Å². The molecule has 3 aromatic rings. The minimum atomic E-state index is -0.414. The van der Waals surface area contributed by atoms with Gasteiger partial charge < -0.3 is 5.32 Å². The average molecular weight is 377 g/mol. The fraction of sp³-hybridized carbons (Fsp3) is 0.182. The second kappa shape index (κ2) is 6.10. The number of fused-ring (bicyclic) bond motifs is 5. The number of anilines is 1. The topological polar surface area (TPSA) is 55.2 Å². The lowest BCUT2D eigenvalue weighted by Crippen LogP contribution is -2.29. The third kappa shape index (κ3) is 2.52. The molecule has 134 valence electrons. The van der Waals surface area contributed by atoms with Gasteiger partial charge in [-0.25, -0.2) is 0 Å². The summed E-state index contributed by atoms with van der Waals surface area (Å²) < 4.78 is 0. The smallest absolute Gasteiger partial charge is 0.288 e. The Morgan fingerprint density at radius 1 is 1.11 bits per heavy atom. The highest BCUT2D eigenvalue weighted by Crippen LogP contribution is 2.51. The van der Waals surface area contributed by atoms with Gasteiger partial charge in [0.15, 0.2) is 0 Å². The fourth-order valence-electron chi connectivity index (χ4n) is 4.53. The van der Waals surface area contributed by atoms with Crippen LogP contribution in [0.15, 0.2) is 66.7 Å². The molecule has 0 bridgehead atoms. The van der Waals surface area contributed by atoms with E-state index in [4.69, 9.17) is 11.6 Å². The molecule has 0 saturated heterocycles. The van der Waals surface area contributed by atoms with Crippen molar-refractivity contribution in [3.8, 4) is 0 Å². The number of rotatable bonds is 2. The standard InChI is InChI=1S/C22H17ClN2O2/c23-19-11-9-14(12-20(19)25(26)27)21-17-7-3-6-16(17)18-10-8-13-4-1-2-5-15(13)22(18)24-21/h1-6,8-12,16-17,21,24H,7H2/t16-,17-,21-/m0/s1. The van der Waals surface area contributed by atoms with Gasteiger partial charge in [0, 0.05) is 23.1 Å². The number of halogens is 1. The Balaban J connectivity index is 1.67. The van der Waals surface area contributed by atoms with Crippen molar-refractivity contribution in [1.29, 1.82) is 0 Å². The number of allylic oxidation sites excluding steroid dienone is 2. The van der Waals surface area contributed by atoms with Gasteiger partial charge in [0.2, 0.25) is 0 Å². The quantitative estimate of drug-likeness (QED) is 0.327. The van der Waals surface area contributed by atoms with E-state index in [0.29, 0.717) is 11.8 Å². The van der Waals surface area contributed by atoms with Crippen LogP contribution in [0, 0.1) is 16.0 Å². The Morgan fingerprint density at radius 2 is 1.96 bits per heavy atom. The van der Waals surface area contributed by atoms with E-state index in [1.165, 1.54) is 16.3 Å². The van der Waals surface area contributed by atoms with Crippen LogP contribution in [0.3, 0.4) is 0 Å². The SMILES string of the molecule is O=[N+]([O-])c1cc([C@@H]2Nc3c(ccc4ccccc34)[C@H]3C=CC[C@@H]32)ccc1Cl. The average Bonchev–Trinajstić information content (AvgIpc) is 3.17. The minimum absolute atomic E-state index is 0.000673. The normalized spacial score (nSPS) is 22.9. The maximum absolute atomic E-state index is 11.3. The molecule has 3 atom stereocenters. The maximum Gasteiger partial charge on any atom is 0.288 e. The van der Waals surface area contributed by atoms with Gasteiger partial charge in [-0.1, -0.05) is 66.2 Å². The summed E-state index contributed by atoms with van der Waals surface area (Å²) in [6, 6.07) is 17.8. The van der Waals surface area contributed by atoms with Crippen LogP contribution in [0.2, 0.25) is 5.02 Å². The van der Waals surface area contributed by atoms with Crippen LogP contribution < -0.4 is 5.32 Å². The second-order valence-electron chi connectivity index (χ2n) is 7.19. The number of nitro groups is 1. The van der Waals surface area contributed by atoms with E-state index in [9.17, 15) is 10.1 Å². The van der Waals surface area contributed by atoms with Crippen molar-refractivity contribution >= 4 is 33.7 Å². The lowest BCUT2D eigenvalue weighted by atomic mass is 9.76. The van der Waals surface area contributed by atoms with Crippen molar-refractivity contribution in [2.45, 2.75) is 18.4 Å². The van der Waals surface area contributed by atoms with Gasteiger partial charge in [0.1, 0.15) is 5.02 Å². The highest BCUT2D eigenvalue weighted by Gasteiger charge is 2.39. The number of nitrogens with one attached hydrogen (secondary N) is 1. The molecule has 5 rings (SSSR count). The molecule has 0 aromatic heterocycles. The lowest BCUT2D eigenvalue weighted by molar-refractivity contribution is -0.384. The summed E-state index contributed by atoms with van der Waals surface area (Å²) in [5.74, 6) is 0.644. The number of nitrogens with zero attached hydrogens (tertiary/aromatic N) is 1. The molecule has 0 spiro atoms. The van der Waals surface area contributed by atoms with Crippen LogP contribution in [-0.4, -0.2) is 4.92 Å². The van der Waals surface area contributed by atoms with E-state index in [0.717, 1.165) is 17.7 Å². The number of nitro benzene ring substituents is 1. The van der Waals surface area contributed by atoms with Gasteiger partial charge in [0.05, 0.1) is 11.0 Å². The monoisotopic (exact) mass is 376 g/mol. The largest absolute Gasteiger partial charge is 0.377 e. The molecule has 2 aliphatic rings. The zero-order chi connectivity index (χ0) is 18.5. The summed E-state index contributed by atoms with van der Waals surface area (Å²) in [4.78, 5) is 10.9. The second-order valence-corrected chi connectivity index (χ2v) is 7.60. The molecule has 0 radical (unpaired) electrons. The van der Waals surface area contributed by atoms with E-state index in [1.807, 2.05) is 18.2 Å². The van der Waals surface area contributed by atoms with Crippen molar-refractivity contribution in [3.63, 3.8) is 0 Å². The summed E-state index contributed by atoms with van der Waals surface area (Å²) in [6.45, 7) is 0. The molecule has 1 N–H and O–H groups in total. The third-order valence-electron chi connectivity index (χ3n) is 5.79. The highest BCUT2D eigenvalue weighted by atomic mass is 35.5. The first-order valence-corrected chi connectivity index (χ1v) is 9.40. The van der Waals surface area contributed by atoms with Crippen LogP contribution in [0.1, 0.15) is 29.5 Å². The van der Waals surface area contributed by atoms with Crippen LogP contribution in [0.5, 0.6) is 0 Å².